The summed E-state index contributed by atoms with van der Waals surface area (Å²) < 4.78 is 8.15. The third-order valence-corrected chi connectivity index (χ3v) is 4.59. The predicted octanol–water partition coefficient (Wildman–Crippen LogP) is 1.57. The van der Waals surface area contributed by atoms with Gasteiger partial charge in [-0.05, 0) is 26.8 Å². The molecule has 3 aromatic heterocycles. The van der Waals surface area contributed by atoms with Gasteiger partial charge in [0.05, 0.1) is 5.69 Å². The third kappa shape index (κ3) is 3.50. The molecule has 3 aromatic rings. The summed E-state index contributed by atoms with van der Waals surface area (Å²) in [6.07, 6.45) is 3.05. The average Bonchev–Trinajstić information content (AvgIpc) is 3.05. The summed E-state index contributed by atoms with van der Waals surface area (Å²) in [7, 11) is 1.85. The number of carbonyl (C=O) groups excluding carboxylic acids is 1. The molecule has 0 saturated carbocycles. The highest BCUT2D eigenvalue weighted by molar-refractivity contribution is 7.16. The minimum atomic E-state index is -0.488. The topological polar surface area (TPSA) is 91.4 Å². The minimum absolute atomic E-state index is 0.0132. The third-order valence-electron chi connectivity index (χ3n) is 3.70. The molecule has 8 nitrogen and oxygen atoms in total. The number of rotatable bonds is 4. The van der Waals surface area contributed by atoms with E-state index in [0.29, 0.717) is 15.7 Å². The van der Waals surface area contributed by atoms with Crippen LogP contribution in [0, 0.1) is 20.8 Å². The van der Waals surface area contributed by atoms with E-state index in [2.05, 4.69) is 15.2 Å². The monoisotopic (exact) mass is 359 g/mol. The first-order valence-corrected chi connectivity index (χ1v) is 8.38. The lowest BCUT2D eigenvalue weighted by atomic mass is 10.2. The van der Waals surface area contributed by atoms with Crippen molar-refractivity contribution in [3.05, 3.63) is 50.1 Å². The molecular weight excluding hydrogens is 342 g/mol. The van der Waals surface area contributed by atoms with Gasteiger partial charge in [-0.2, -0.15) is 14.7 Å². The Morgan fingerprint density at radius 2 is 2.08 bits per heavy atom. The molecule has 0 unspecified atom stereocenters. The van der Waals surface area contributed by atoms with E-state index >= 15 is 0 Å². The zero-order chi connectivity index (χ0) is 18.1. The van der Waals surface area contributed by atoms with Gasteiger partial charge in [-0.15, -0.1) is 0 Å². The van der Waals surface area contributed by atoms with Gasteiger partial charge in [-0.3, -0.25) is 9.48 Å². The van der Waals surface area contributed by atoms with Crippen LogP contribution in [0.1, 0.15) is 27.7 Å². The van der Waals surface area contributed by atoms with Gasteiger partial charge < -0.3 is 4.74 Å². The Kier molecular flexibility index (Phi) is 4.49. The standard InChI is InChI=1S/C16H17N5O3S/c1-9-7-14(22)21-16(17-9)25-13(19-21)8-24-15(23)6-5-12-10(2)18-20(4)11(12)3/h5-7H,8H2,1-4H3/b6-5+. The van der Waals surface area contributed by atoms with E-state index in [0.717, 1.165) is 17.0 Å². The van der Waals surface area contributed by atoms with E-state index in [1.807, 2.05) is 20.9 Å². The fraction of sp³-hybridized carbons (Fsp3) is 0.312. The molecule has 0 spiro atoms. The number of fused-ring (bicyclic) bond motifs is 1. The summed E-state index contributed by atoms with van der Waals surface area (Å²) in [6.45, 7) is 5.54. The first-order valence-electron chi connectivity index (χ1n) is 7.56. The van der Waals surface area contributed by atoms with E-state index < -0.39 is 5.97 Å². The van der Waals surface area contributed by atoms with Crippen LogP contribution >= 0.6 is 11.3 Å². The maximum atomic E-state index is 11.9. The second kappa shape index (κ2) is 6.60. The lowest BCUT2D eigenvalue weighted by Gasteiger charge is -1.98. The molecule has 0 bridgehead atoms. The fourth-order valence-electron chi connectivity index (χ4n) is 2.38. The first-order chi connectivity index (χ1) is 11.8. The molecule has 3 rings (SSSR count). The SMILES string of the molecule is Cc1cc(=O)n2nc(COC(=O)/C=C/c3c(C)nn(C)c3C)sc2n1. The molecule has 130 valence electrons. The van der Waals surface area contributed by atoms with Crippen LogP contribution in [0.2, 0.25) is 0 Å². The van der Waals surface area contributed by atoms with Gasteiger partial charge >= 0.3 is 5.97 Å². The van der Waals surface area contributed by atoms with Gasteiger partial charge in [-0.1, -0.05) is 11.3 Å². The molecule has 25 heavy (non-hydrogen) atoms. The Hall–Kier alpha value is -2.81. The van der Waals surface area contributed by atoms with Gasteiger partial charge in [0.2, 0.25) is 4.96 Å². The molecular formula is C16H17N5O3S. The second-order valence-electron chi connectivity index (χ2n) is 5.58. The number of hydrogen-bond donors (Lipinski definition) is 0. The maximum absolute atomic E-state index is 11.9. The Bertz CT molecular complexity index is 1040. The molecule has 0 aliphatic rings. The number of aryl methyl sites for hydroxylation is 3. The highest BCUT2D eigenvalue weighted by Crippen LogP contribution is 2.15. The van der Waals surface area contributed by atoms with Crippen LogP contribution in [0.3, 0.4) is 0 Å². The highest BCUT2D eigenvalue weighted by Gasteiger charge is 2.10. The number of nitrogens with zero attached hydrogens (tertiary/aromatic N) is 5. The lowest BCUT2D eigenvalue weighted by molar-refractivity contribution is -0.138. The molecule has 0 aromatic carbocycles. The lowest BCUT2D eigenvalue weighted by Crippen LogP contribution is -2.14. The van der Waals surface area contributed by atoms with Gasteiger partial charge in [0.25, 0.3) is 5.56 Å². The molecule has 0 amide bonds. The van der Waals surface area contributed by atoms with Crippen molar-refractivity contribution in [1.29, 1.82) is 0 Å². The van der Waals surface area contributed by atoms with E-state index in [-0.39, 0.29) is 12.2 Å². The molecule has 9 heteroatoms. The molecule has 0 radical (unpaired) electrons. The smallest absolute Gasteiger partial charge is 0.331 e. The Morgan fingerprint density at radius 3 is 2.76 bits per heavy atom. The summed E-state index contributed by atoms with van der Waals surface area (Å²) in [5.41, 5.74) is 3.08. The van der Waals surface area contributed by atoms with E-state index in [4.69, 9.17) is 4.74 Å². The number of ether oxygens (including phenoxy) is 1. The van der Waals surface area contributed by atoms with Gasteiger partial charge in [0.1, 0.15) is 6.61 Å². The number of aromatic nitrogens is 5. The van der Waals surface area contributed by atoms with Crippen LogP contribution in [0.4, 0.5) is 0 Å². The van der Waals surface area contributed by atoms with Gasteiger partial charge in [0, 0.05) is 36.1 Å². The Labute approximate surface area is 147 Å². The fourth-order valence-corrected chi connectivity index (χ4v) is 3.24. The van der Waals surface area contributed by atoms with Crippen molar-refractivity contribution < 1.29 is 9.53 Å². The summed E-state index contributed by atoms with van der Waals surface area (Å²) in [5, 5.41) is 8.91. The van der Waals surface area contributed by atoms with Crippen molar-refractivity contribution in [2.24, 2.45) is 7.05 Å². The zero-order valence-corrected chi connectivity index (χ0v) is 15.1. The quantitative estimate of drug-likeness (QED) is 0.519. The van der Waals surface area contributed by atoms with Crippen molar-refractivity contribution in [2.45, 2.75) is 27.4 Å². The van der Waals surface area contributed by atoms with Crippen LogP contribution in [0.5, 0.6) is 0 Å². The molecule has 0 aliphatic heterocycles. The maximum Gasteiger partial charge on any atom is 0.331 e. The van der Waals surface area contributed by atoms with Crippen LogP contribution in [0.15, 0.2) is 16.9 Å². The first kappa shape index (κ1) is 17.0. The summed E-state index contributed by atoms with van der Waals surface area (Å²) >= 11 is 1.22. The van der Waals surface area contributed by atoms with Crippen molar-refractivity contribution in [2.75, 3.05) is 0 Å². The summed E-state index contributed by atoms with van der Waals surface area (Å²) in [4.78, 5) is 28.4. The summed E-state index contributed by atoms with van der Waals surface area (Å²) in [5.74, 6) is -0.488. The van der Waals surface area contributed by atoms with E-state index in [1.165, 1.54) is 28.0 Å². The van der Waals surface area contributed by atoms with Crippen LogP contribution in [-0.2, 0) is 23.2 Å². The highest BCUT2D eigenvalue weighted by atomic mass is 32.1. The second-order valence-corrected chi connectivity index (χ2v) is 6.62. The molecule has 0 fully saturated rings. The average molecular weight is 359 g/mol. The van der Waals surface area contributed by atoms with E-state index in [1.54, 1.807) is 17.7 Å². The van der Waals surface area contributed by atoms with Crippen molar-refractivity contribution in [3.63, 3.8) is 0 Å². The normalized spacial score (nSPS) is 11.5. The number of carbonyl (C=O) groups is 1. The van der Waals surface area contributed by atoms with Crippen molar-refractivity contribution in [1.82, 2.24) is 24.4 Å². The molecule has 0 N–H and O–H groups in total. The molecule has 0 aliphatic carbocycles. The van der Waals surface area contributed by atoms with Gasteiger partial charge in [-0.25, -0.2) is 9.78 Å². The Morgan fingerprint density at radius 1 is 1.32 bits per heavy atom. The van der Waals surface area contributed by atoms with Gasteiger partial charge in [0.15, 0.2) is 5.01 Å². The molecule has 0 atom stereocenters. The van der Waals surface area contributed by atoms with Crippen LogP contribution in [-0.4, -0.2) is 30.3 Å². The summed E-state index contributed by atoms with van der Waals surface area (Å²) in [6, 6.07) is 1.41. The molecule has 3 heterocycles. The molecule has 0 saturated heterocycles. The van der Waals surface area contributed by atoms with Crippen molar-refractivity contribution >= 4 is 28.3 Å². The van der Waals surface area contributed by atoms with E-state index in [9.17, 15) is 9.59 Å². The zero-order valence-electron chi connectivity index (χ0n) is 14.3. The predicted molar refractivity (Wildman–Crippen MR) is 93.4 cm³/mol. The largest absolute Gasteiger partial charge is 0.455 e. The minimum Gasteiger partial charge on any atom is -0.455 e. The van der Waals surface area contributed by atoms with Crippen molar-refractivity contribution in [3.8, 4) is 0 Å². The van der Waals surface area contributed by atoms with Crippen LogP contribution in [0.25, 0.3) is 11.0 Å². The Balaban J connectivity index is 1.69. The van der Waals surface area contributed by atoms with Crippen LogP contribution < -0.4 is 5.56 Å². The number of esters is 1. The number of hydrogen-bond acceptors (Lipinski definition) is 7.